The molecule has 3 aromatic heterocycles. The second kappa shape index (κ2) is 6.89. The number of amides is 1. The molecule has 130 valence electrons. The number of anilines is 1. The average Bonchev–Trinajstić information content (AvgIpc) is 3.36. The number of carbonyl (C=O) groups is 1. The molecule has 7 nitrogen and oxygen atoms in total. The van der Waals surface area contributed by atoms with Crippen LogP contribution in [0.4, 0.5) is 5.69 Å². The predicted molar refractivity (Wildman–Crippen MR) is 97.0 cm³/mol. The molecule has 0 radical (unpaired) electrons. The van der Waals surface area contributed by atoms with Crippen molar-refractivity contribution in [3.8, 4) is 11.5 Å². The van der Waals surface area contributed by atoms with Crippen molar-refractivity contribution in [3.63, 3.8) is 0 Å². The Morgan fingerprint density at radius 2 is 2.19 bits per heavy atom. The van der Waals surface area contributed by atoms with Crippen LogP contribution in [-0.2, 0) is 6.54 Å². The Morgan fingerprint density at radius 1 is 1.27 bits per heavy atom. The topological polar surface area (TPSA) is 88.7 Å². The van der Waals surface area contributed by atoms with Crippen LogP contribution in [0.2, 0.25) is 5.02 Å². The van der Waals surface area contributed by atoms with Gasteiger partial charge in [-0.15, -0.1) is 0 Å². The molecule has 0 unspecified atom stereocenters. The second-order valence-electron chi connectivity index (χ2n) is 5.65. The molecule has 1 aromatic carbocycles. The molecule has 2 N–H and O–H groups in total. The molecule has 0 atom stereocenters. The van der Waals surface area contributed by atoms with Crippen LogP contribution in [-0.4, -0.2) is 25.9 Å². The number of hydrogen-bond donors (Lipinski definition) is 2. The predicted octanol–water partition coefficient (Wildman–Crippen LogP) is 3.82. The quantitative estimate of drug-likeness (QED) is 0.561. The van der Waals surface area contributed by atoms with Crippen LogP contribution in [0.5, 0.6) is 0 Å². The van der Waals surface area contributed by atoms with Gasteiger partial charge >= 0.3 is 0 Å². The van der Waals surface area contributed by atoms with Crippen molar-refractivity contribution in [1.29, 1.82) is 0 Å². The molecular formula is C18H14ClN5O2. The van der Waals surface area contributed by atoms with Crippen LogP contribution in [0.1, 0.15) is 16.1 Å². The van der Waals surface area contributed by atoms with Gasteiger partial charge in [0, 0.05) is 18.0 Å². The minimum absolute atomic E-state index is 0.278. The van der Waals surface area contributed by atoms with E-state index in [2.05, 4.69) is 20.6 Å². The lowest BCUT2D eigenvalue weighted by Crippen LogP contribution is -2.12. The summed E-state index contributed by atoms with van der Waals surface area (Å²) in [5.41, 5.74) is 2.58. The minimum Gasteiger partial charge on any atom is -0.463 e. The summed E-state index contributed by atoms with van der Waals surface area (Å²) in [5, 5.41) is 14.4. The highest BCUT2D eigenvalue weighted by atomic mass is 35.5. The Balaban J connectivity index is 1.47. The zero-order valence-corrected chi connectivity index (χ0v) is 14.3. The van der Waals surface area contributed by atoms with Crippen LogP contribution in [0.25, 0.3) is 11.5 Å². The van der Waals surface area contributed by atoms with Crippen LogP contribution in [0.15, 0.2) is 65.5 Å². The first-order chi connectivity index (χ1) is 12.7. The van der Waals surface area contributed by atoms with E-state index in [0.717, 1.165) is 5.56 Å². The van der Waals surface area contributed by atoms with E-state index in [0.29, 0.717) is 28.7 Å². The molecule has 26 heavy (non-hydrogen) atoms. The molecule has 0 saturated carbocycles. The van der Waals surface area contributed by atoms with Crippen LogP contribution < -0.4 is 5.32 Å². The van der Waals surface area contributed by atoms with Gasteiger partial charge in [-0.3, -0.25) is 14.6 Å². The van der Waals surface area contributed by atoms with E-state index in [4.69, 9.17) is 16.0 Å². The number of halogens is 1. The van der Waals surface area contributed by atoms with E-state index >= 15 is 0 Å². The molecule has 1 amide bonds. The van der Waals surface area contributed by atoms with E-state index in [1.165, 1.54) is 0 Å². The molecular weight excluding hydrogens is 354 g/mol. The lowest BCUT2D eigenvalue weighted by molar-refractivity contribution is 0.102. The number of aromatic amines is 1. The molecule has 0 aliphatic heterocycles. The van der Waals surface area contributed by atoms with Crippen molar-refractivity contribution in [3.05, 3.63) is 77.4 Å². The smallest absolute Gasteiger partial charge is 0.276 e. The summed E-state index contributed by atoms with van der Waals surface area (Å²) in [6, 6.07) is 12.7. The van der Waals surface area contributed by atoms with E-state index in [1.54, 1.807) is 41.5 Å². The second-order valence-corrected chi connectivity index (χ2v) is 6.09. The monoisotopic (exact) mass is 367 g/mol. The molecule has 4 aromatic rings. The molecule has 3 heterocycles. The zero-order chi connectivity index (χ0) is 17.9. The fraction of sp³-hybridized carbons (Fsp3) is 0.0556. The number of furan rings is 1. The number of benzene rings is 1. The van der Waals surface area contributed by atoms with Crippen molar-refractivity contribution < 1.29 is 9.21 Å². The first-order valence-electron chi connectivity index (χ1n) is 7.85. The van der Waals surface area contributed by atoms with E-state index in [-0.39, 0.29) is 11.6 Å². The number of H-pyrrole nitrogens is 1. The molecule has 0 bridgehead atoms. The summed E-state index contributed by atoms with van der Waals surface area (Å²) in [6.07, 6.45) is 4.89. The fourth-order valence-corrected chi connectivity index (χ4v) is 2.71. The van der Waals surface area contributed by atoms with Gasteiger partial charge in [-0.1, -0.05) is 23.7 Å². The third-order valence-electron chi connectivity index (χ3n) is 3.73. The molecule has 0 aliphatic rings. The van der Waals surface area contributed by atoms with Gasteiger partial charge in [-0.25, -0.2) is 0 Å². The summed E-state index contributed by atoms with van der Waals surface area (Å²) >= 11 is 5.88. The van der Waals surface area contributed by atoms with Crippen molar-refractivity contribution in [2.24, 2.45) is 0 Å². The van der Waals surface area contributed by atoms with Gasteiger partial charge < -0.3 is 9.73 Å². The maximum Gasteiger partial charge on any atom is 0.276 e. The lowest BCUT2D eigenvalue weighted by atomic mass is 10.2. The SMILES string of the molecule is O=C(Nc1cccc(Cn2cc(Cl)cn2)c1)c1cc(-c2ccco2)[nH]n1. The summed E-state index contributed by atoms with van der Waals surface area (Å²) in [5.74, 6) is 0.315. The van der Waals surface area contributed by atoms with Crippen molar-refractivity contribution in [1.82, 2.24) is 20.0 Å². The maximum absolute atomic E-state index is 12.4. The summed E-state index contributed by atoms with van der Waals surface area (Å²) in [6.45, 7) is 0.557. The standard InChI is InChI=1S/C18H14ClN5O2/c19-13-9-20-24(11-13)10-12-3-1-4-14(7-12)21-18(25)16-8-15(22-23-16)17-5-2-6-26-17/h1-9,11H,10H2,(H,21,25)(H,22,23). The van der Waals surface area contributed by atoms with E-state index in [1.807, 2.05) is 24.3 Å². The van der Waals surface area contributed by atoms with Crippen LogP contribution in [0.3, 0.4) is 0 Å². The number of hydrogen-bond acceptors (Lipinski definition) is 4. The molecule has 0 fully saturated rings. The number of rotatable bonds is 5. The zero-order valence-electron chi connectivity index (χ0n) is 13.5. The molecule has 0 spiro atoms. The van der Waals surface area contributed by atoms with Crippen molar-refractivity contribution in [2.45, 2.75) is 6.54 Å². The Kier molecular flexibility index (Phi) is 4.28. The highest BCUT2D eigenvalue weighted by Crippen LogP contribution is 2.19. The highest BCUT2D eigenvalue weighted by Gasteiger charge is 2.13. The largest absolute Gasteiger partial charge is 0.463 e. The van der Waals surface area contributed by atoms with Gasteiger partial charge in [-0.05, 0) is 29.8 Å². The maximum atomic E-state index is 12.4. The first kappa shape index (κ1) is 16.2. The molecule has 0 saturated heterocycles. The Hall–Kier alpha value is -3.32. The molecule has 8 heteroatoms. The van der Waals surface area contributed by atoms with Gasteiger partial charge in [0.05, 0.1) is 24.0 Å². The molecule has 4 rings (SSSR count). The van der Waals surface area contributed by atoms with Crippen LogP contribution in [0, 0.1) is 0 Å². The van der Waals surface area contributed by atoms with Crippen molar-refractivity contribution in [2.75, 3.05) is 5.32 Å². The van der Waals surface area contributed by atoms with E-state index < -0.39 is 0 Å². The number of carbonyl (C=O) groups excluding carboxylic acids is 1. The van der Waals surface area contributed by atoms with Gasteiger partial charge in [-0.2, -0.15) is 10.2 Å². The molecule has 0 aliphatic carbocycles. The third kappa shape index (κ3) is 3.52. The fourth-order valence-electron chi connectivity index (χ4n) is 2.55. The van der Waals surface area contributed by atoms with Gasteiger partial charge in [0.1, 0.15) is 5.69 Å². The number of nitrogens with zero attached hydrogens (tertiary/aromatic N) is 3. The third-order valence-corrected chi connectivity index (χ3v) is 3.92. The number of aromatic nitrogens is 4. The summed E-state index contributed by atoms with van der Waals surface area (Å²) in [7, 11) is 0. The van der Waals surface area contributed by atoms with E-state index in [9.17, 15) is 4.79 Å². The van der Waals surface area contributed by atoms with Crippen LogP contribution >= 0.6 is 11.6 Å². The summed E-state index contributed by atoms with van der Waals surface area (Å²) < 4.78 is 7.01. The summed E-state index contributed by atoms with van der Waals surface area (Å²) in [4.78, 5) is 12.4. The van der Waals surface area contributed by atoms with Gasteiger partial charge in [0.2, 0.25) is 0 Å². The average molecular weight is 368 g/mol. The van der Waals surface area contributed by atoms with Gasteiger partial charge in [0.15, 0.2) is 11.5 Å². The minimum atomic E-state index is -0.307. The Labute approximate surface area is 153 Å². The first-order valence-corrected chi connectivity index (χ1v) is 8.23. The highest BCUT2D eigenvalue weighted by molar-refractivity contribution is 6.30. The lowest BCUT2D eigenvalue weighted by Gasteiger charge is -2.06. The Morgan fingerprint density at radius 3 is 2.96 bits per heavy atom. The normalized spacial score (nSPS) is 10.8. The Bertz CT molecular complexity index is 1040. The number of nitrogens with one attached hydrogen (secondary N) is 2. The van der Waals surface area contributed by atoms with Crippen molar-refractivity contribution >= 4 is 23.2 Å². The van der Waals surface area contributed by atoms with Gasteiger partial charge in [0.25, 0.3) is 5.91 Å².